The largest absolute Gasteiger partial charge is 0.495 e. The predicted octanol–water partition coefficient (Wildman–Crippen LogP) is -0.00650. The molecule has 0 saturated carbocycles. The second-order valence-electron chi connectivity index (χ2n) is 4.17. The van der Waals surface area contributed by atoms with Crippen LogP contribution in [0.4, 0.5) is 4.79 Å². The number of alkyl carbamates (subject to hydrolysis) is 1. The maximum Gasteiger partial charge on any atom is 0.407 e. The predicted molar refractivity (Wildman–Crippen MR) is 66.3 cm³/mol. The summed E-state index contributed by atoms with van der Waals surface area (Å²) in [6, 6.07) is 4.53. The van der Waals surface area contributed by atoms with Crippen molar-refractivity contribution in [2.24, 2.45) is 5.14 Å². The average molecular weight is 286 g/mol. The van der Waals surface area contributed by atoms with Gasteiger partial charge in [0.25, 0.3) is 0 Å². The van der Waals surface area contributed by atoms with Crippen molar-refractivity contribution in [3.8, 4) is 5.75 Å². The standard InChI is InChI=1S/C11H14N2O5S/c1-17-9-3-2-7(5-10(9)19(12,15)16)4-8-6-18-11(14)13-8/h2-3,5,8H,4,6H2,1H3,(H,13,14)(H2,12,15,16). The molecule has 1 atom stereocenters. The first kappa shape index (κ1) is 13.6. The minimum Gasteiger partial charge on any atom is -0.495 e. The third kappa shape index (κ3) is 3.15. The van der Waals surface area contributed by atoms with E-state index in [1.54, 1.807) is 6.07 Å². The molecule has 1 aromatic carbocycles. The van der Waals surface area contributed by atoms with Gasteiger partial charge in [-0.1, -0.05) is 6.07 Å². The molecule has 3 N–H and O–H groups in total. The summed E-state index contributed by atoms with van der Waals surface area (Å²) in [6.45, 7) is 0.259. The summed E-state index contributed by atoms with van der Waals surface area (Å²) in [5, 5.41) is 7.75. The summed E-state index contributed by atoms with van der Waals surface area (Å²) in [5.41, 5.74) is 0.723. The van der Waals surface area contributed by atoms with E-state index < -0.39 is 16.1 Å². The van der Waals surface area contributed by atoms with Gasteiger partial charge in [-0.2, -0.15) is 0 Å². The molecular weight excluding hydrogens is 272 g/mol. The number of carbonyl (C=O) groups is 1. The first-order chi connectivity index (χ1) is 8.90. The molecular formula is C11H14N2O5S. The topological polar surface area (TPSA) is 108 Å². The molecule has 1 heterocycles. The van der Waals surface area contributed by atoms with Crippen molar-refractivity contribution in [3.63, 3.8) is 0 Å². The van der Waals surface area contributed by atoms with Gasteiger partial charge in [0.1, 0.15) is 17.3 Å². The molecule has 0 aliphatic carbocycles. The second-order valence-corrected chi connectivity index (χ2v) is 5.70. The molecule has 1 unspecified atom stereocenters. The summed E-state index contributed by atoms with van der Waals surface area (Å²) < 4.78 is 32.6. The number of rotatable bonds is 4. The highest BCUT2D eigenvalue weighted by Gasteiger charge is 2.23. The quantitative estimate of drug-likeness (QED) is 0.809. The first-order valence-corrected chi connectivity index (χ1v) is 7.08. The third-order valence-electron chi connectivity index (χ3n) is 2.75. The molecule has 19 heavy (non-hydrogen) atoms. The van der Waals surface area contributed by atoms with Crippen LogP contribution in [0.5, 0.6) is 5.75 Å². The van der Waals surface area contributed by atoms with Crippen LogP contribution in [0.25, 0.3) is 0 Å². The van der Waals surface area contributed by atoms with Crippen LogP contribution >= 0.6 is 0 Å². The van der Waals surface area contributed by atoms with E-state index in [9.17, 15) is 13.2 Å². The van der Waals surface area contributed by atoms with Crippen molar-refractivity contribution in [1.29, 1.82) is 0 Å². The lowest BCUT2D eigenvalue weighted by molar-refractivity contribution is 0.177. The number of primary sulfonamides is 1. The number of hydrogen-bond acceptors (Lipinski definition) is 5. The van der Waals surface area contributed by atoms with Gasteiger partial charge in [0.15, 0.2) is 0 Å². The Morgan fingerprint density at radius 1 is 1.53 bits per heavy atom. The smallest absolute Gasteiger partial charge is 0.407 e. The van der Waals surface area contributed by atoms with Crippen LogP contribution in [-0.4, -0.2) is 34.3 Å². The molecule has 2 rings (SSSR count). The maximum atomic E-state index is 11.5. The molecule has 1 aliphatic heterocycles. The number of amides is 1. The van der Waals surface area contributed by atoms with E-state index in [0.717, 1.165) is 5.56 Å². The van der Waals surface area contributed by atoms with Gasteiger partial charge in [-0.3, -0.25) is 0 Å². The Morgan fingerprint density at radius 2 is 2.26 bits per heavy atom. The highest BCUT2D eigenvalue weighted by Crippen LogP contribution is 2.24. The van der Waals surface area contributed by atoms with E-state index in [1.807, 2.05) is 0 Å². The number of ether oxygens (including phenoxy) is 2. The van der Waals surface area contributed by atoms with Gasteiger partial charge in [-0.05, 0) is 24.1 Å². The second kappa shape index (κ2) is 5.06. The molecule has 0 radical (unpaired) electrons. The number of nitrogens with one attached hydrogen (secondary N) is 1. The van der Waals surface area contributed by atoms with Gasteiger partial charge in [-0.25, -0.2) is 18.4 Å². The van der Waals surface area contributed by atoms with Crippen molar-refractivity contribution < 1.29 is 22.7 Å². The Labute approximate surface area is 110 Å². The number of cyclic esters (lactones) is 1. The van der Waals surface area contributed by atoms with Gasteiger partial charge < -0.3 is 14.8 Å². The number of nitrogens with two attached hydrogens (primary N) is 1. The normalized spacial score (nSPS) is 18.8. The van der Waals surface area contributed by atoms with Crippen LogP contribution < -0.4 is 15.2 Å². The summed E-state index contributed by atoms with van der Waals surface area (Å²) in [6.07, 6.45) is -0.0108. The highest BCUT2D eigenvalue weighted by molar-refractivity contribution is 7.89. The van der Waals surface area contributed by atoms with Crippen LogP contribution in [0.3, 0.4) is 0 Å². The Balaban J connectivity index is 2.25. The molecule has 8 heteroatoms. The molecule has 1 aliphatic rings. The average Bonchev–Trinajstić information content (AvgIpc) is 2.73. The number of sulfonamides is 1. The molecule has 1 amide bonds. The van der Waals surface area contributed by atoms with Crippen LogP contribution in [0.1, 0.15) is 5.56 Å². The summed E-state index contributed by atoms with van der Waals surface area (Å²) >= 11 is 0. The summed E-state index contributed by atoms with van der Waals surface area (Å²) in [7, 11) is -2.49. The van der Waals surface area contributed by atoms with Gasteiger partial charge >= 0.3 is 6.09 Å². The zero-order valence-electron chi connectivity index (χ0n) is 10.3. The molecule has 0 aromatic heterocycles. The molecule has 1 fully saturated rings. The van der Waals surface area contributed by atoms with E-state index in [2.05, 4.69) is 5.32 Å². The molecule has 0 bridgehead atoms. The molecule has 7 nitrogen and oxygen atoms in total. The highest BCUT2D eigenvalue weighted by atomic mass is 32.2. The summed E-state index contributed by atoms with van der Waals surface area (Å²) in [4.78, 5) is 10.8. The first-order valence-electron chi connectivity index (χ1n) is 5.53. The minimum absolute atomic E-state index is 0.0715. The monoisotopic (exact) mass is 286 g/mol. The zero-order chi connectivity index (χ0) is 14.0. The lowest BCUT2D eigenvalue weighted by atomic mass is 10.1. The summed E-state index contributed by atoms with van der Waals surface area (Å²) in [5.74, 6) is 0.193. The number of benzene rings is 1. The molecule has 0 spiro atoms. The van der Waals surface area contributed by atoms with Gasteiger partial charge in [0, 0.05) is 0 Å². The molecule has 1 saturated heterocycles. The Morgan fingerprint density at radius 3 is 2.79 bits per heavy atom. The van der Waals surface area contributed by atoms with Crippen molar-refractivity contribution >= 4 is 16.1 Å². The van der Waals surface area contributed by atoms with Gasteiger partial charge in [0.05, 0.1) is 13.2 Å². The van der Waals surface area contributed by atoms with Gasteiger partial charge in [-0.15, -0.1) is 0 Å². The SMILES string of the molecule is COc1ccc(CC2COC(=O)N2)cc1S(N)(=O)=O. The molecule has 104 valence electrons. The van der Waals surface area contributed by atoms with Crippen molar-refractivity contribution in [1.82, 2.24) is 5.32 Å². The van der Waals surface area contributed by atoms with Crippen LogP contribution in [0.15, 0.2) is 23.1 Å². The van der Waals surface area contributed by atoms with Crippen LogP contribution in [0.2, 0.25) is 0 Å². The van der Waals surface area contributed by atoms with Crippen molar-refractivity contribution in [2.45, 2.75) is 17.4 Å². The Kier molecular flexibility index (Phi) is 3.63. The minimum atomic E-state index is -3.86. The van der Waals surface area contributed by atoms with Gasteiger partial charge in [0.2, 0.25) is 10.0 Å². The van der Waals surface area contributed by atoms with Crippen molar-refractivity contribution in [2.75, 3.05) is 13.7 Å². The zero-order valence-corrected chi connectivity index (χ0v) is 11.1. The maximum absolute atomic E-state index is 11.5. The van der Waals surface area contributed by atoms with E-state index >= 15 is 0 Å². The van der Waals surface area contributed by atoms with E-state index in [4.69, 9.17) is 14.6 Å². The van der Waals surface area contributed by atoms with E-state index in [1.165, 1.54) is 19.2 Å². The van der Waals surface area contributed by atoms with Crippen LogP contribution in [-0.2, 0) is 21.2 Å². The number of carbonyl (C=O) groups excluding carboxylic acids is 1. The third-order valence-corrected chi connectivity index (χ3v) is 3.69. The fraction of sp³-hybridized carbons (Fsp3) is 0.364. The Bertz CT molecular complexity index is 599. The number of hydrogen-bond donors (Lipinski definition) is 2. The molecule has 1 aromatic rings. The Hall–Kier alpha value is -1.80. The lowest BCUT2D eigenvalue weighted by Crippen LogP contribution is -2.28. The number of methoxy groups -OCH3 is 1. The van der Waals surface area contributed by atoms with E-state index in [-0.39, 0.29) is 23.3 Å². The van der Waals surface area contributed by atoms with E-state index in [0.29, 0.717) is 6.42 Å². The fourth-order valence-electron chi connectivity index (χ4n) is 1.89. The van der Waals surface area contributed by atoms with Crippen LogP contribution in [0, 0.1) is 0 Å². The lowest BCUT2D eigenvalue weighted by Gasteiger charge is -2.11. The fourth-order valence-corrected chi connectivity index (χ4v) is 2.64. The van der Waals surface area contributed by atoms with Crippen molar-refractivity contribution in [3.05, 3.63) is 23.8 Å².